The fourth-order valence-corrected chi connectivity index (χ4v) is 2.81. The van der Waals surface area contributed by atoms with Crippen LogP contribution in [0.2, 0.25) is 0 Å². The predicted octanol–water partition coefficient (Wildman–Crippen LogP) is 4.13. The smallest absolute Gasteiger partial charge is 0.292 e. The second-order valence-corrected chi connectivity index (χ2v) is 5.43. The lowest BCUT2D eigenvalue weighted by atomic mass is 10.1. The van der Waals surface area contributed by atoms with Crippen molar-refractivity contribution in [1.82, 2.24) is 0 Å². The average molecular weight is 359 g/mol. The van der Waals surface area contributed by atoms with Gasteiger partial charge in [0, 0.05) is 31.1 Å². The highest BCUT2D eigenvalue weighted by Gasteiger charge is 2.24. The second-order valence-electron chi connectivity index (χ2n) is 4.87. The van der Waals surface area contributed by atoms with Gasteiger partial charge in [0.2, 0.25) is 0 Å². The lowest BCUT2D eigenvalue weighted by Crippen LogP contribution is -2.37. The van der Waals surface area contributed by atoms with Gasteiger partial charge >= 0.3 is 0 Å². The highest BCUT2D eigenvalue weighted by molar-refractivity contribution is 9.08. The summed E-state index contributed by atoms with van der Waals surface area (Å²) < 4.78 is 5.16. The van der Waals surface area contributed by atoms with Gasteiger partial charge in [-0.25, -0.2) is 0 Å². The largest absolute Gasteiger partial charge is 0.383 e. The second kappa shape index (κ2) is 9.00. The molecule has 1 rings (SSSR count). The van der Waals surface area contributed by atoms with Gasteiger partial charge in [0.15, 0.2) is 0 Å². The molecule has 0 aliphatic carbocycles. The number of nitro groups is 1. The van der Waals surface area contributed by atoms with E-state index >= 15 is 0 Å². The molecule has 0 N–H and O–H groups in total. The summed E-state index contributed by atoms with van der Waals surface area (Å²) in [6, 6.07) is 5.70. The molecule has 0 amide bonds. The molecule has 0 unspecified atom stereocenters. The Morgan fingerprint density at radius 1 is 1.38 bits per heavy atom. The molecule has 0 spiro atoms. The van der Waals surface area contributed by atoms with E-state index in [2.05, 4.69) is 34.7 Å². The van der Waals surface area contributed by atoms with Crippen LogP contribution in [-0.2, 0) is 10.1 Å². The fraction of sp³-hybridized carbons (Fsp3) is 0.600. The molecule has 0 bridgehead atoms. The van der Waals surface area contributed by atoms with Crippen molar-refractivity contribution in [3.8, 4) is 0 Å². The summed E-state index contributed by atoms with van der Waals surface area (Å²) in [6.07, 6.45) is 1.88. The van der Waals surface area contributed by atoms with Gasteiger partial charge in [-0.1, -0.05) is 35.8 Å². The maximum absolute atomic E-state index is 11.4. The number of rotatable bonds is 9. The molecule has 5 nitrogen and oxygen atoms in total. The first-order chi connectivity index (χ1) is 10.1. The Morgan fingerprint density at radius 2 is 2.05 bits per heavy atom. The Bertz CT molecular complexity index is 464. The minimum Gasteiger partial charge on any atom is -0.383 e. The SMILES string of the molecule is CCC(CC)N(CCOC)c1ccc(CBr)cc1[N+](=O)[O-]. The van der Waals surface area contributed by atoms with Gasteiger partial charge in [0.05, 0.1) is 11.5 Å². The Balaban J connectivity index is 3.24. The number of methoxy groups -OCH3 is 1. The highest BCUT2D eigenvalue weighted by atomic mass is 79.9. The van der Waals surface area contributed by atoms with E-state index in [0.717, 1.165) is 18.4 Å². The molecule has 0 aliphatic heterocycles. The Morgan fingerprint density at radius 3 is 2.52 bits per heavy atom. The van der Waals surface area contributed by atoms with Crippen molar-refractivity contribution in [2.45, 2.75) is 38.1 Å². The molecule has 0 radical (unpaired) electrons. The number of anilines is 1. The van der Waals surface area contributed by atoms with Gasteiger partial charge in [-0.2, -0.15) is 0 Å². The molecule has 0 aromatic heterocycles. The number of benzene rings is 1. The molecule has 1 aromatic rings. The van der Waals surface area contributed by atoms with Crippen LogP contribution in [0.1, 0.15) is 32.3 Å². The van der Waals surface area contributed by atoms with Gasteiger partial charge in [-0.15, -0.1) is 0 Å². The number of alkyl halides is 1. The van der Waals surface area contributed by atoms with E-state index < -0.39 is 0 Å². The molecule has 0 heterocycles. The van der Waals surface area contributed by atoms with Gasteiger partial charge in [-0.3, -0.25) is 10.1 Å². The zero-order valence-electron chi connectivity index (χ0n) is 12.8. The zero-order valence-corrected chi connectivity index (χ0v) is 14.4. The first-order valence-corrected chi connectivity index (χ1v) is 8.29. The fourth-order valence-electron chi connectivity index (χ4n) is 2.46. The summed E-state index contributed by atoms with van der Waals surface area (Å²) >= 11 is 3.34. The maximum atomic E-state index is 11.4. The van der Waals surface area contributed by atoms with Crippen molar-refractivity contribution in [2.75, 3.05) is 25.2 Å². The maximum Gasteiger partial charge on any atom is 0.292 e. The van der Waals surface area contributed by atoms with Crippen LogP contribution in [-0.4, -0.2) is 31.2 Å². The molecule has 6 heteroatoms. The van der Waals surface area contributed by atoms with E-state index in [1.54, 1.807) is 13.2 Å². The monoisotopic (exact) mass is 358 g/mol. The van der Waals surface area contributed by atoms with Crippen LogP contribution in [0.25, 0.3) is 0 Å². The molecule has 118 valence electrons. The third-order valence-corrected chi connectivity index (χ3v) is 4.27. The summed E-state index contributed by atoms with van der Waals surface area (Å²) in [6.45, 7) is 5.41. The van der Waals surface area contributed by atoms with E-state index in [4.69, 9.17) is 4.74 Å². The molecule has 0 atom stereocenters. The normalized spacial score (nSPS) is 10.9. The van der Waals surface area contributed by atoms with Gasteiger partial charge in [-0.05, 0) is 24.5 Å². The molecule has 0 saturated heterocycles. The van der Waals surface area contributed by atoms with Gasteiger partial charge in [0.1, 0.15) is 5.69 Å². The van der Waals surface area contributed by atoms with Crippen molar-refractivity contribution in [3.63, 3.8) is 0 Å². The summed E-state index contributed by atoms with van der Waals surface area (Å²) in [5.41, 5.74) is 1.74. The number of ether oxygens (including phenoxy) is 1. The van der Waals surface area contributed by atoms with E-state index in [1.165, 1.54) is 0 Å². The lowest BCUT2D eigenvalue weighted by molar-refractivity contribution is -0.384. The van der Waals surface area contributed by atoms with Crippen molar-refractivity contribution < 1.29 is 9.66 Å². The number of hydrogen-bond donors (Lipinski definition) is 0. The first kappa shape index (κ1) is 17.9. The molecular formula is C15H23BrN2O3. The lowest BCUT2D eigenvalue weighted by Gasteiger charge is -2.32. The minimum absolute atomic E-state index is 0.162. The predicted molar refractivity (Wildman–Crippen MR) is 89.3 cm³/mol. The molecule has 21 heavy (non-hydrogen) atoms. The quantitative estimate of drug-likeness (QED) is 0.378. The first-order valence-electron chi connectivity index (χ1n) is 7.17. The standard InChI is InChI=1S/C15H23BrN2O3/c1-4-13(5-2)17(8-9-21-3)14-7-6-12(11-16)10-15(14)18(19)20/h6-7,10,13H,4-5,8-9,11H2,1-3H3. The van der Waals surface area contributed by atoms with Crippen molar-refractivity contribution in [1.29, 1.82) is 0 Å². The van der Waals surface area contributed by atoms with E-state index in [1.807, 2.05) is 12.1 Å². The number of nitro benzene ring substituents is 1. The van der Waals surface area contributed by atoms with Crippen LogP contribution in [0.4, 0.5) is 11.4 Å². The van der Waals surface area contributed by atoms with Crippen LogP contribution in [0.5, 0.6) is 0 Å². The Kier molecular flexibility index (Phi) is 7.67. The summed E-state index contributed by atoms with van der Waals surface area (Å²) in [4.78, 5) is 13.2. The minimum atomic E-state index is -0.302. The zero-order chi connectivity index (χ0) is 15.8. The van der Waals surface area contributed by atoms with Crippen LogP contribution >= 0.6 is 15.9 Å². The third kappa shape index (κ3) is 4.68. The molecule has 0 aliphatic rings. The van der Waals surface area contributed by atoms with Crippen LogP contribution in [0.15, 0.2) is 18.2 Å². The Labute approximate surface area is 134 Å². The number of halogens is 1. The third-order valence-electron chi connectivity index (χ3n) is 3.62. The summed E-state index contributed by atoms with van der Waals surface area (Å²) in [5, 5.41) is 12.0. The number of nitrogens with zero attached hydrogens (tertiary/aromatic N) is 2. The molecule has 1 aromatic carbocycles. The van der Waals surface area contributed by atoms with Crippen molar-refractivity contribution in [2.24, 2.45) is 0 Å². The highest BCUT2D eigenvalue weighted by Crippen LogP contribution is 2.32. The van der Waals surface area contributed by atoms with Crippen molar-refractivity contribution >= 4 is 27.3 Å². The van der Waals surface area contributed by atoms with E-state index in [0.29, 0.717) is 24.2 Å². The van der Waals surface area contributed by atoms with E-state index in [9.17, 15) is 10.1 Å². The summed E-state index contributed by atoms with van der Waals surface area (Å²) in [5.74, 6) is 0. The number of hydrogen-bond acceptors (Lipinski definition) is 4. The average Bonchev–Trinajstić information content (AvgIpc) is 2.51. The van der Waals surface area contributed by atoms with Gasteiger partial charge in [0.25, 0.3) is 5.69 Å². The van der Waals surface area contributed by atoms with Crippen LogP contribution < -0.4 is 4.90 Å². The van der Waals surface area contributed by atoms with Crippen molar-refractivity contribution in [3.05, 3.63) is 33.9 Å². The topological polar surface area (TPSA) is 55.6 Å². The van der Waals surface area contributed by atoms with Crippen LogP contribution in [0, 0.1) is 10.1 Å². The molecule has 0 saturated carbocycles. The van der Waals surface area contributed by atoms with Gasteiger partial charge < -0.3 is 9.64 Å². The van der Waals surface area contributed by atoms with Crippen LogP contribution in [0.3, 0.4) is 0 Å². The molecular weight excluding hydrogens is 336 g/mol. The Hall–Kier alpha value is -1.14. The summed E-state index contributed by atoms with van der Waals surface area (Å²) in [7, 11) is 1.65. The van der Waals surface area contributed by atoms with E-state index in [-0.39, 0.29) is 16.7 Å². The molecule has 0 fully saturated rings.